The fraction of sp³-hybridized carbons (Fsp3) is 0.312. The van der Waals surface area contributed by atoms with E-state index in [0.29, 0.717) is 28.8 Å². The number of hydrogen-bond donors (Lipinski definition) is 3. The quantitative estimate of drug-likeness (QED) is 0.663. The van der Waals surface area contributed by atoms with E-state index in [1.54, 1.807) is 30.5 Å². The zero-order chi connectivity index (χ0) is 16.2. The first kappa shape index (κ1) is 14.5. The Morgan fingerprint density at radius 1 is 1.13 bits per heavy atom. The molecular formula is C16H17N3O3S. The Kier molecular flexibility index (Phi) is 3.11. The van der Waals surface area contributed by atoms with Gasteiger partial charge >= 0.3 is 0 Å². The number of hydrogen-bond acceptors (Lipinski definition) is 4. The second kappa shape index (κ2) is 4.94. The normalized spacial score (nSPS) is 22.1. The second-order valence-electron chi connectivity index (χ2n) is 6.17. The summed E-state index contributed by atoms with van der Waals surface area (Å²) >= 11 is 0. The van der Waals surface area contributed by atoms with Crippen LogP contribution in [0.25, 0.3) is 21.8 Å². The number of pyridine rings is 1. The third-order valence-corrected chi connectivity index (χ3v) is 6.91. The highest BCUT2D eigenvalue weighted by molar-refractivity contribution is 7.92. The van der Waals surface area contributed by atoms with E-state index in [4.69, 9.17) is 5.73 Å². The van der Waals surface area contributed by atoms with Crippen LogP contribution < -0.4 is 11.3 Å². The van der Waals surface area contributed by atoms with Crippen LogP contribution >= 0.6 is 0 Å². The zero-order valence-corrected chi connectivity index (χ0v) is 13.2. The molecule has 4 rings (SSSR count). The van der Waals surface area contributed by atoms with Crippen molar-refractivity contribution in [2.45, 2.75) is 35.4 Å². The van der Waals surface area contributed by atoms with E-state index in [1.165, 1.54) is 0 Å². The van der Waals surface area contributed by atoms with Gasteiger partial charge in [0.15, 0.2) is 9.84 Å². The number of aromatic amines is 2. The summed E-state index contributed by atoms with van der Waals surface area (Å²) < 4.78 is 25.7. The lowest BCUT2D eigenvalue weighted by molar-refractivity contribution is 0.578. The summed E-state index contributed by atoms with van der Waals surface area (Å²) in [6.45, 7) is 0. The second-order valence-corrected chi connectivity index (χ2v) is 8.40. The van der Waals surface area contributed by atoms with Crippen LogP contribution in [0.15, 0.2) is 40.2 Å². The van der Waals surface area contributed by atoms with Crippen molar-refractivity contribution in [3.63, 3.8) is 0 Å². The number of H-pyrrole nitrogens is 2. The zero-order valence-electron chi connectivity index (χ0n) is 12.4. The van der Waals surface area contributed by atoms with Gasteiger partial charge in [0.1, 0.15) is 5.52 Å². The van der Waals surface area contributed by atoms with Gasteiger partial charge in [0.2, 0.25) is 0 Å². The Morgan fingerprint density at radius 2 is 1.96 bits per heavy atom. The van der Waals surface area contributed by atoms with Gasteiger partial charge < -0.3 is 15.7 Å². The third-order valence-electron chi connectivity index (χ3n) is 4.70. The van der Waals surface area contributed by atoms with Gasteiger partial charge in [0.05, 0.1) is 10.1 Å². The average molecular weight is 331 g/mol. The molecule has 0 saturated heterocycles. The maximum absolute atomic E-state index is 12.8. The minimum atomic E-state index is -3.41. The minimum absolute atomic E-state index is 0.0389. The summed E-state index contributed by atoms with van der Waals surface area (Å²) in [6, 6.07) is 6.62. The van der Waals surface area contributed by atoms with E-state index in [1.807, 2.05) is 0 Å². The van der Waals surface area contributed by atoms with Gasteiger partial charge in [-0.3, -0.25) is 4.79 Å². The molecule has 2 atom stereocenters. The average Bonchev–Trinajstić information content (AvgIpc) is 3.16. The van der Waals surface area contributed by atoms with Crippen molar-refractivity contribution >= 4 is 31.6 Å². The molecular weight excluding hydrogens is 314 g/mol. The van der Waals surface area contributed by atoms with E-state index >= 15 is 0 Å². The fourth-order valence-corrected chi connectivity index (χ4v) is 5.32. The van der Waals surface area contributed by atoms with E-state index < -0.39 is 15.1 Å². The molecule has 0 spiro atoms. The smallest absolute Gasteiger partial charge is 0.272 e. The number of nitrogens with one attached hydrogen (secondary N) is 2. The Labute approximate surface area is 132 Å². The van der Waals surface area contributed by atoms with Crippen LogP contribution in [0.5, 0.6) is 0 Å². The molecule has 2 heterocycles. The Bertz CT molecular complexity index is 1070. The lowest BCUT2D eigenvalue weighted by Gasteiger charge is -2.12. The van der Waals surface area contributed by atoms with Gasteiger partial charge in [-0.05, 0) is 43.5 Å². The molecule has 1 unspecified atom stereocenters. The van der Waals surface area contributed by atoms with Crippen LogP contribution in [0, 0.1) is 0 Å². The molecule has 2 aromatic heterocycles. The Morgan fingerprint density at radius 3 is 2.70 bits per heavy atom. The van der Waals surface area contributed by atoms with Crippen molar-refractivity contribution in [3.05, 3.63) is 40.8 Å². The first-order chi connectivity index (χ1) is 11.0. The van der Waals surface area contributed by atoms with Crippen LogP contribution in [0.2, 0.25) is 0 Å². The highest BCUT2D eigenvalue weighted by Crippen LogP contribution is 2.31. The summed E-state index contributed by atoms with van der Waals surface area (Å²) in [5, 5.41) is 1.03. The topological polar surface area (TPSA) is 109 Å². The first-order valence-corrected chi connectivity index (χ1v) is 9.14. The highest BCUT2D eigenvalue weighted by atomic mass is 32.2. The predicted octanol–water partition coefficient (Wildman–Crippen LogP) is 1.66. The van der Waals surface area contributed by atoms with Crippen molar-refractivity contribution < 1.29 is 8.42 Å². The molecule has 0 bridgehead atoms. The van der Waals surface area contributed by atoms with Crippen molar-refractivity contribution in [2.75, 3.05) is 0 Å². The van der Waals surface area contributed by atoms with Crippen molar-refractivity contribution in [3.8, 4) is 0 Å². The fourth-order valence-electron chi connectivity index (χ4n) is 3.45. The molecule has 6 nitrogen and oxygen atoms in total. The molecule has 120 valence electrons. The standard InChI is InChI=1S/C16H17N3O3S/c17-9-1-2-10(7-9)23(21,22)11-3-4-14-13(8-11)12-5-6-18-15(12)16(20)19-14/h3-6,8-10,18H,1-2,7,17H2,(H,19,20)/t9?,10-/m1/s1. The summed E-state index contributed by atoms with van der Waals surface area (Å²) in [4.78, 5) is 17.9. The van der Waals surface area contributed by atoms with Crippen molar-refractivity contribution in [1.82, 2.24) is 9.97 Å². The van der Waals surface area contributed by atoms with Crippen LogP contribution in [-0.4, -0.2) is 29.7 Å². The summed E-state index contributed by atoms with van der Waals surface area (Å²) in [5.74, 6) is 0. The number of sulfone groups is 1. The first-order valence-electron chi connectivity index (χ1n) is 7.59. The van der Waals surface area contributed by atoms with Gasteiger partial charge in [-0.25, -0.2) is 8.42 Å². The maximum atomic E-state index is 12.8. The van der Waals surface area contributed by atoms with E-state index in [2.05, 4.69) is 9.97 Å². The molecule has 1 aromatic carbocycles. The van der Waals surface area contributed by atoms with Gasteiger partial charge in [-0.1, -0.05) is 0 Å². The molecule has 1 fully saturated rings. The maximum Gasteiger partial charge on any atom is 0.272 e. The molecule has 1 aliphatic rings. The molecule has 3 aromatic rings. The lowest BCUT2D eigenvalue weighted by atomic mass is 10.1. The summed E-state index contributed by atoms with van der Waals surface area (Å²) in [6.07, 6.45) is 3.53. The molecule has 7 heteroatoms. The van der Waals surface area contributed by atoms with Crippen LogP contribution in [0.3, 0.4) is 0 Å². The molecule has 4 N–H and O–H groups in total. The SMILES string of the molecule is NC1CC[C@@H](S(=O)(=O)c2ccc3[nH]c(=O)c4[nH]ccc4c3c2)C1. The van der Waals surface area contributed by atoms with E-state index in [0.717, 1.165) is 17.2 Å². The van der Waals surface area contributed by atoms with Crippen molar-refractivity contribution in [1.29, 1.82) is 0 Å². The van der Waals surface area contributed by atoms with E-state index in [-0.39, 0.29) is 11.6 Å². The molecule has 0 aliphatic heterocycles. The molecule has 1 aliphatic carbocycles. The molecule has 1 saturated carbocycles. The van der Waals surface area contributed by atoms with Gasteiger partial charge in [-0.2, -0.15) is 0 Å². The summed E-state index contributed by atoms with van der Waals surface area (Å²) in [5.41, 5.74) is 6.73. The Hall–Kier alpha value is -2.12. The monoisotopic (exact) mass is 331 g/mol. The largest absolute Gasteiger partial charge is 0.357 e. The lowest BCUT2D eigenvalue weighted by Crippen LogP contribution is -2.22. The molecule has 0 amide bonds. The van der Waals surface area contributed by atoms with E-state index in [9.17, 15) is 13.2 Å². The van der Waals surface area contributed by atoms with Crippen LogP contribution in [0.1, 0.15) is 19.3 Å². The number of benzene rings is 1. The molecule has 0 radical (unpaired) electrons. The number of nitrogens with two attached hydrogens (primary N) is 1. The number of fused-ring (bicyclic) bond motifs is 3. The predicted molar refractivity (Wildman–Crippen MR) is 89.2 cm³/mol. The Balaban J connectivity index is 1.92. The van der Waals surface area contributed by atoms with Gasteiger partial charge in [0.25, 0.3) is 5.56 Å². The van der Waals surface area contributed by atoms with Crippen LogP contribution in [0.4, 0.5) is 0 Å². The molecule has 23 heavy (non-hydrogen) atoms. The van der Waals surface area contributed by atoms with Gasteiger partial charge in [0, 0.05) is 28.5 Å². The van der Waals surface area contributed by atoms with Gasteiger partial charge in [-0.15, -0.1) is 0 Å². The number of rotatable bonds is 2. The third kappa shape index (κ3) is 2.19. The van der Waals surface area contributed by atoms with Crippen molar-refractivity contribution in [2.24, 2.45) is 5.73 Å². The highest BCUT2D eigenvalue weighted by Gasteiger charge is 2.34. The minimum Gasteiger partial charge on any atom is -0.357 e. The van der Waals surface area contributed by atoms with Crippen LogP contribution in [-0.2, 0) is 9.84 Å². The summed E-state index contributed by atoms with van der Waals surface area (Å²) in [7, 11) is -3.41. The number of aromatic nitrogens is 2.